The van der Waals surface area contributed by atoms with Crippen LogP contribution in [-0.4, -0.2) is 63.4 Å². The standard InChI is InChI=1S/C21H34N4O2/c1-4-25-9-7-17(14-25)12-23-21(22-3)24-13-18-6-5-16(2)11-20(18)27-19-8-10-26-15-19/h5-6,11,17,19H,4,7-10,12-15H2,1-3H3,(H2,22,23,24). The summed E-state index contributed by atoms with van der Waals surface area (Å²) in [5.41, 5.74) is 2.35. The van der Waals surface area contributed by atoms with Gasteiger partial charge < -0.3 is 25.0 Å². The van der Waals surface area contributed by atoms with E-state index in [2.05, 4.69) is 52.6 Å². The first-order chi connectivity index (χ1) is 13.2. The van der Waals surface area contributed by atoms with Crippen molar-refractivity contribution in [3.05, 3.63) is 29.3 Å². The maximum atomic E-state index is 6.19. The van der Waals surface area contributed by atoms with E-state index >= 15 is 0 Å². The van der Waals surface area contributed by atoms with Crippen molar-refractivity contribution in [3.63, 3.8) is 0 Å². The predicted molar refractivity (Wildman–Crippen MR) is 109 cm³/mol. The number of nitrogens with one attached hydrogen (secondary N) is 2. The zero-order chi connectivity index (χ0) is 19.1. The fourth-order valence-electron chi connectivity index (χ4n) is 3.71. The Morgan fingerprint density at radius 2 is 2.22 bits per heavy atom. The summed E-state index contributed by atoms with van der Waals surface area (Å²) in [4.78, 5) is 6.88. The lowest BCUT2D eigenvalue weighted by atomic mass is 10.1. The quantitative estimate of drug-likeness (QED) is 0.566. The van der Waals surface area contributed by atoms with Crippen LogP contribution in [0, 0.1) is 12.8 Å². The predicted octanol–water partition coefficient (Wildman–Crippen LogP) is 2.17. The summed E-state index contributed by atoms with van der Waals surface area (Å²) in [6.07, 6.45) is 2.38. The topological polar surface area (TPSA) is 58.1 Å². The maximum absolute atomic E-state index is 6.19. The van der Waals surface area contributed by atoms with Crippen molar-refractivity contribution in [3.8, 4) is 5.75 Å². The van der Waals surface area contributed by atoms with Crippen molar-refractivity contribution in [2.45, 2.75) is 39.3 Å². The van der Waals surface area contributed by atoms with Crippen LogP contribution in [-0.2, 0) is 11.3 Å². The number of guanidine groups is 1. The van der Waals surface area contributed by atoms with E-state index in [0.717, 1.165) is 43.4 Å². The molecule has 6 heteroatoms. The van der Waals surface area contributed by atoms with Crippen LogP contribution < -0.4 is 15.4 Å². The molecule has 0 bridgehead atoms. The highest BCUT2D eigenvalue weighted by atomic mass is 16.5. The van der Waals surface area contributed by atoms with Crippen molar-refractivity contribution in [2.24, 2.45) is 10.9 Å². The first-order valence-corrected chi connectivity index (χ1v) is 10.2. The number of likely N-dealkylation sites (tertiary alicyclic amines) is 1. The minimum absolute atomic E-state index is 0.159. The molecule has 0 radical (unpaired) electrons. The van der Waals surface area contributed by atoms with Crippen molar-refractivity contribution in [1.29, 1.82) is 0 Å². The van der Waals surface area contributed by atoms with Crippen LogP contribution in [0.3, 0.4) is 0 Å². The third kappa shape index (κ3) is 5.84. The molecule has 2 unspecified atom stereocenters. The van der Waals surface area contributed by atoms with E-state index in [0.29, 0.717) is 19.1 Å². The first-order valence-electron chi connectivity index (χ1n) is 10.2. The van der Waals surface area contributed by atoms with E-state index < -0.39 is 0 Å². The molecule has 3 rings (SSSR count). The molecule has 27 heavy (non-hydrogen) atoms. The molecule has 2 fully saturated rings. The summed E-state index contributed by atoms with van der Waals surface area (Å²) in [5, 5.41) is 6.92. The number of rotatable bonds is 7. The molecule has 2 aliphatic heterocycles. The van der Waals surface area contributed by atoms with Crippen molar-refractivity contribution < 1.29 is 9.47 Å². The van der Waals surface area contributed by atoms with Gasteiger partial charge in [0.2, 0.25) is 0 Å². The van der Waals surface area contributed by atoms with Gasteiger partial charge in [0.1, 0.15) is 11.9 Å². The summed E-state index contributed by atoms with van der Waals surface area (Å²) >= 11 is 0. The molecular weight excluding hydrogens is 340 g/mol. The molecule has 0 aromatic heterocycles. The molecule has 2 heterocycles. The fraction of sp³-hybridized carbons (Fsp3) is 0.667. The molecule has 150 valence electrons. The molecule has 0 saturated carbocycles. The van der Waals surface area contributed by atoms with Gasteiger partial charge in [-0.1, -0.05) is 19.1 Å². The second-order valence-electron chi connectivity index (χ2n) is 7.57. The number of aliphatic imine (C=N–C) groups is 1. The van der Waals surface area contributed by atoms with Crippen molar-refractivity contribution in [1.82, 2.24) is 15.5 Å². The third-order valence-corrected chi connectivity index (χ3v) is 5.45. The van der Waals surface area contributed by atoms with E-state index in [-0.39, 0.29) is 6.10 Å². The monoisotopic (exact) mass is 374 g/mol. The molecule has 2 saturated heterocycles. The summed E-state index contributed by atoms with van der Waals surface area (Å²) in [6.45, 7) is 11.0. The van der Waals surface area contributed by atoms with Crippen LogP contribution in [0.25, 0.3) is 0 Å². The second kappa shape index (κ2) is 9.95. The van der Waals surface area contributed by atoms with Gasteiger partial charge in [-0.05, 0) is 44.0 Å². The third-order valence-electron chi connectivity index (χ3n) is 5.45. The Morgan fingerprint density at radius 3 is 2.93 bits per heavy atom. The van der Waals surface area contributed by atoms with E-state index in [1.807, 2.05) is 7.05 Å². The number of hydrogen-bond donors (Lipinski definition) is 2. The van der Waals surface area contributed by atoms with Gasteiger partial charge in [0.25, 0.3) is 0 Å². The highest BCUT2D eigenvalue weighted by Crippen LogP contribution is 2.23. The minimum Gasteiger partial charge on any atom is -0.488 e. The summed E-state index contributed by atoms with van der Waals surface area (Å²) < 4.78 is 11.6. The molecule has 1 aromatic rings. The van der Waals surface area contributed by atoms with Gasteiger partial charge >= 0.3 is 0 Å². The van der Waals surface area contributed by atoms with Gasteiger partial charge in [-0.3, -0.25) is 4.99 Å². The Bertz CT molecular complexity index is 629. The smallest absolute Gasteiger partial charge is 0.191 e. The van der Waals surface area contributed by atoms with Gasteiger partial charge in [-0.15, -0.1) is 0 Å². The molecule has 0 aliphatic carbocycles. The van der Waals surface area contributed by atoms with Gasteiger partial charge in [-0.2, -0.15) is 0 Å². The Labute approximate surface area is 163 Å². The lowest BCUT2D eigenvalue weighted by Gasteiger charge is -2.19. The summed E-state index contributed by atoms with van der Waals surface area (Å²) in [6, 6.07) is 6.38. The van der Waals surface area contributed by atoms with Crippen LogP contribution >= 0.6 is 0 Å². The van der Waals surface area contributed by atoms with E-state index in [9.17, 15) is 0 Å². The van der Waals surface area contributed by atoms with Gasteiger partial charge in [0.15, 0.2) is 5.96 Å². The number of hydrogen-bond acceptors (Lipinski definition) is 4. The van der Waals surface area contributed by atoms with Gasteiger partial charge in [0, 0.05) is 38.7 Å². The average Bonchev–Trinajstić information content (AvgIpc) is 3.35. The minimum atomic E-state index is 0.159. The molecule has 6 nitrogen and oxygen atoms in total. The molecule has 0 spiro atoms. The largest absolute Gasteiger partial charge is 0.488 e. The number of benzene rings is 1. The lowest BCUT2D eigenvalue weighted by Crippen LogP contribution is -2.40. The molecule has 2 atom stereocenters. The number of ether oxygens (including phenoxy) is 2. The molecule has 2 N–H and O–H groups in total. The van der Waals surface area contributed by atoms with E-state index in [4.69, 9.17) is 9.47 Å². The van der Waals surface area contributed by atoms with Crippen LogP contribution in [0.1, 0.15) is 30.9 Å². The Kier molecular flexibility index (Phi) is 7.35. The zero-order valence-corrected chi connectivity index (χ0v) is 17.0. The zero-order valence-electron chi connectivity index (χ0n) is 17.0. The average molecular weight is 375 g/mol. The van der Waals surface area contributed by atoms with Crippen LogP contribution in [0.5, 0.6) is 5.75 Å². The van der Waals surface area contributed by atoms with Crippen LogP contribution in [0.2, 0.25) is 0 Å². The van der Waals surface area contributed by atoms with E-state index in [1.165, 1.54) is 25.1 Å². The lowest BCUT2D eigenvalue weighted by molar-refractivity contribution is 0.140. The Hall–Kier alpha value is -1.79. The summed E-state index contributed by atoms with van der Waals surface area (Å²) in [5.74, 6) is 2.49. The Morgan fingerprint density at radius 1 is 1.33 bits per heavy atom. The highest BCUT2D eigenvalue weighted by Gasteiger charge is 2.21. The van der Waals surface area contributed by atoms with Crippen LogP contribution in [0.4, 0.5) is 0 Å². The summed E-state index contributed by atoms with van der Waals surface area (Å²) in [7, 11) is 1.82. The van der Waals surface area contributed by atoms with Crippen LogP contribution in [0.15, 0.2) is 23.2 Å². The highest BCUT2D eigenvalue weighted by molar-refractivity contribution is 5.79. The molecular formula is C21H34N4O2. The SMILES string of the molecule is CCN1CCC(CNC(=NC)NCc2ccc(C)cc2OC2CCOC2)C1. The van der Waals surface area contributed by atoms with Gasteiger partial charge in [-0.25, -0.2) is 0 Å². The van der Waals surface area contributed by atoms with Crippen molar-refractivity contribution >= 4 is 5.96 Å². The number of aryl methyl sites for hydroxylation is 1. The number of nitrogens with zero attached hydrogens (tertiary/aromatic N) is 2. The normalized spacial score (nSPS) is 23.6. The molecule has 0 amide bonds. The van der Waals surface area contributed by atoms with Crippen molar-refractivity contribution in [2.75, 3.05) is 46.4 Å². The maximum Gasteiger partial charge on any atom is 0.191 e. The van der Waals surface area contributed by atoms with E-state index in [1.54, 1.807) is 0 Å². The van der Waals surface area contributed by atoms with Gasteiger partial charge in [0.05, 0.1) is 13.2 Å². The first kappa shape index (κ1) is 20.0. The molecule has 2 aliphatic rings. The second-order valence-corrected chi connectivity index (χ2v) is 7.57. The molecule has 1 aromatic carbocycles. The Balaban J connectivity index is 1.51. The fourth-order valence-corrected chi connectivity index (χ4v) is 3.71.